The topological polar surface area (TPSA) is 40.5 Å². The number of carboxylic acids is 1. The summed E-state index contributed by atoms with van der Waals surface area (Å²) in [5.74, 6) is -0.785. The van der Waals surface area contributed by atoms with E-state index in [2.05, 4.69) is 32.0 Å². The van der Waals surface area contributed by atoms with Gasteiger partial charge in [0.05, 0.1) is 0 Å². The predicted octanol–water partition coefficient (Wildman–Crippen LogP) is 2.21. The normalized spacial score (nSPS) is 12.8. The van der Waals surface area contributed by atoms with Crippen LogP contribution in [0, 0.1) is 13.8 Å². The predicted molar refractivity (Wildman–Crippen MR) is 64.5 cm³/mol. The standard InChI is InChI=1S/C13H19NO2/c1-9-5-10(2)7-12(6-9)8-14(4)11(3)13(15)16/h5-7,11H,8H2,1-4H3,(H,15,16). The summed E-state index contributed by atoms with van der Waals surface area (Å²) in [6, 6.07) is 5.85. The molecular weight excluding hydrogens is 202 g/mol. The molecule has 88 valence electrons. The van der Waals surface area contributed by atoms with Gasteiger partial charge in [0.1, 0.15) is 6.04 Å². The Labute approximate surface area is 96.7 Å². The zero-order valence-electron chi connectivity index (χ0n) is 10.3. The summed E-state index contributed by atoms with van der Waals surface area (Å²) in [5.41, 5.74) is 3.59. The van der Waals surface area contributed by atoms with Crippen LogP contribution in [0.2, 0.25) is 0 Å². The van der Waals surface area contributed by atoms with Gasteiger partial charge in [-0.15, -0.1) is 0 Å². The van der Waals surface area contributed by atoms with Crippen LogP contribution in [0.4, 0.5) is 0 Å². The molecule has 1 aromatic rings. The highest BCUT2D eigenvalue weighted by atomic mass is 16.4. The number of carboxylic acid groups (broad SMARTS) is 1. The number of hydrogen-bond donors (Lipinski definition) is 1. The lowest BCUT2D eigenvalue weighted by molar-refractivity contribution is -0.142. The minimum atomic E-state index is -0.785. The Bertz CT molecular complexity index is 367. The number of aliphatic carboxylic acids is 1. The Morgan fingerprint density at radius 1 is 1.31 bits per heavy atom. The smallest absolute Gasteiger partial charge is 0.320 e. The van der Waals surface area contributed by atoms with Crippen molar-refractivity contribution in [3.05, 3.63) is 34.9 Å². The summed E-state index contributed by atoms with van der Waals surface area (Å²) in [6.45, 7) is 6.47. The maximum absolute atomic E-state index is 10.8. The van der Waals surface area contributed by atoms with E-state index in [0.717, 1.165) is 5.56 Å². The molecule has 0 saturated heterocycles. The zero-order valence-corrected chi connectivity index (χ0v) is 10.3. The van der Waals surface area contributed by atoms with E-state index in [0.29, 0.717) is 6.54 Å². The molecule has 0 heterocycles. The molecule has 1 rings (SSSR count). The van der Waals surface area contributed by atoms with Gasteiger partial charge in [-0.2, -0.15) is 0 Å². The van der Waals surface area contributed by atoms with Crippen LogP contribution >= 0.6 is 0 Å². The molecule has 1 atom stereocenters. The minimum Gasteiger partial charge on any atom is -0.480 e. The molecule has 0 bridgehead atoms. The largest absolute Gasteiger partial charge is 0.480 e. The van der Waals surface area contributed by atoms with Crippen LogP contribution in [-0.2, 0) is 11.3 Å². The van der Waals surface area contributed by atoms with E-state index in [4.69, 9.17) is 5.11 Å². The lowest BCUT2D eigenvalue weighted by Gasteiger charge is -2.21. The minimum absolute atomic E-state index is 0.458. The van der Waals surface area contributed by atoms with Gasteiger partial charge < -0.3 is 5.11 Å². The fraction of sp³-hybridized carbons (Fsp3) is 0.462. The molecular formula is C13H19NO2. The summed E-state index contributed by atoms with van der Waals surface area (Å²) in [7, 11) is 1.83. The number of hydrogen-bond acceptors (Lipinski definition) is 2. The van der Waals surface area contributed by atoms with Gasteiger partial charge in [0.15, 0.2) is 0 Å². The molecule has 0 radical (unpaired) electrons. The van der Waals surface area contributed by atoms with Crippen LogP contribution < -0.4 is 0 Å². The maximum atomic E-state index is 10.8. The van der Waals surface area contributed by atoms with Crippen LogP contribution in [0.5, 0.6) is 0 Å². The zero-order chi connectivity index (χ0) is 12.3. The third kappa shape index (κ3) is 3.35. The lowest BCUT2D eigenvalue weighted by atomic mass is 10.1. The lowest BCUT2D eigenvalue weighted by Crippen LogP contribution is -2.35. The van der Waals surface area contributed by atoms with E-state index in [1.165, 1.54) is 11.1 Å². The Morgan fingerprint density at radius 2 is 1.81 bits per heavy atom. The number of nitrogens with zero attached hydrogens (tertiary/aromatic N) is 1. The Balaban J connectivity index is 2.76. The van der Waals surface area contributed by atoms with Crippen molar-refractivity contribution in [1.82, 2.24) is 4.90 Å². The summed E-state index contributed by atoms with van der Waals surface area (Å²) in [4.78, 5) is 12.7. The van der Waals surface area contributed by atoms with Crippen LogP contribution in [0.15, 0.2) is 18.2 Å². The molecule has 3 heteroatoms. The molecule has 0 amide bonds. The monoisotopic (exact) mass is 221 g/mol. The highest BCUT2D eigenvalue weighted by molar-refractivity contribution is 5.72. The molecule has 1 unspecified atom stereocenters. The quantitative estimate of drug-likeness (QED) is 0.847. The van der Waals surface area contributed by atoms with Gasteiger partial charge in [0.2, 0.25) is 0 Å². The Morgan fingerprint density at radius 3 is 2.25 bits per heavy atom. The number of aryl methyl sites for hydroxylation is 2. The van der Waals surface area contributed by atoms with E-state index in [9.17, 15) is 4.79 Å². The number of rotatable bonds is 4. The first-order chi connectivity index (χ1) is 7.40. The van der Waals surface area contributed by atoms with Crippen molar-refractivity contribution in [3.8, 4) is 0 Å². The summed E-state index contributed by atoms with van der Waals surface area (Å²) < 4.78 is 0. The number of benzene rings is 1. The average molecular weight is 221 g/mol. The maximum Gasteiger partial charge on any atom is 0.320 e. The third-order valence-corrected chi connectivity index (χ3v) is 2.73. The van der Waals surface area contributed by atoms with Gasteiger partial charge in [0.25, 0.3) is 0 Å². The molecule has 1 aromatic carbocycles. The Hall–Kier alpha value is -1.35. The molecule has 1 N–H and O–H groups in total. The van der Waals surface area contributed by atoms with Gasteiger partial charge >= 0.3 is 5.97 Å². The molecule has 0 aliphatic rings. The van der Waals surface area contributed by atoms with Crippen molar-refractivity contribution in [2.75, 3.05) is 7.05 Å². The van der Waals surface area contributed by atoms with Crippen LogP contribution in [-0.4, -0.2) is 29.1 Å². The second kappa shape index (κ2) is 5.12. The summed E-state index contributed by atoms with van der Waals surface area (Å²) >= 11 is 0. The van der Waals surface area contributed by atoms with E-state index in [1.807, 2.05) is 11.9 Å². The number of likely N-dealkylation sites (N-methyl/N-ethyl adjacent to an activating group) is 1. The first-order valence-corrected chi connectivity index (χ1v) is 5.40. The molecule has 3 nitrogen and oxygen atoms in total. The van der Waals surface area contributed by atoms with E-state index < -0.39 is 12.0 Å². The van der Waals surface area contributed by atoms with Crippen LogP contribution in [0.3, 0.4) is 0 Å². The van der Waals surface area contributed by atoms with Crippen molar-refractivity contribution in [3.63, 3.8) is 0 Å². The fourth-order valence-corrected chi connectivity index (χ4v) is 1.77. The number of carbonyl (C=O) groups is 1. The van der Waals surface area contributed by atoms with E-state index in [-0.39, 0.29) is 0 Å². The van der Waals surface area contributed by atoms with Gasteiger partial charge in [-0.25, -0.2) is 0 Å². The fourth-order valence-electron chi connectivity index (χ4n) is 1.77. The van der Waals surface area contributed by atoms with Crippen LogP contribution in [0.1, 0.15) is 23.6 Å². The van der Waals surface area contributed by atoms with Crippen molar-refractivity contribution in [1.29, 1.82) is 0 Å². The first kappa shape index (κ1) is 12.7. The van der Waals surface area contributed by atoms with Gasteiger partial charge in [-0.05, 0) is 33.4 Å². The third-order valence-electron chi connectivity index (χ3n) is 2.73. The highest BCUT2D eigenvalue weighted by Gasteiger charge is 2.16. The second-order valence-electron chi connectivity index (χ2n) is 4.43. The summed E-state index contributed by atoms with van der Waals surface area (Å²) in [6.07, 6.45) is 0. The van der Waals surface area contributed by atoms with Crippen molar-refractivity contribution in [2.24, 2.45) is 0 Å². The Kier molecular flexibility index (Phi) is 4.07. The molecule has 0 aromatic heterocycles. The summed E-state index contributed by atoms with van der Waals surface area (Å²) in [5, 5.41) is 8.90. The van der Waals surface area contributed by atoms with Gasteiger partial charge in [-0.1, -0.05) is 29.3 Å². The molecule has 16 heavy (non-hydrogen) atoms. The molecule has 0 spiro atoms. The molecule has 0 aliphatic carbocycles. The highest BCUT2D eigenvalue weighted by Crippen LogP contribution is 2.12. The van der Waals surface area contributed by atoms with E-state index in [1.54, 1.807) is 6.92 Å². The second-order valence-corrected chi connectivity index (χ2v) is 4.43. The van der Waals surface area contributed by atoms with Gasteiger partial charge in [-0.3, -0.25) is 9.69 Å². The first-order valence-electron chi connectivity index (χ1n) is 5.40. The molecule has 0 fully saturated rings. The SMILES string of the molecule is Cc1cc(C)cc(CN(C)C(C)C(=O)O)c1. The van der Waals surface area contributed by atoms with Crippen molar-refractivity contribution >= 4 is 5.97 Å². The van der Waals surface area contributed by atoms with Gasteiger partial charge in [0, 0.05) is 6.54 Å². The van der Waals surface area contributed by atoms with Crippen molar-refractivity contribution < 1.29 is 9.90 Å². The average Bonchev–Trinajstić information content (AvgIpc) is 2.14. The van der Waals surface area contributed by atoms with Crippen LogP contribution in [0.25, 0.3) is 0 Å². The van der Waals surface area contributed by atoms with Crippen molar-refractivity contribution in [2.45, 2.75) is 33.4 Å². The van der Waals surface area contributed by atoms with E-state index >= 15 is 0 Å². The molecule has 0 saturated carbocycles. The molecule has 0 aliphatic heterocycles.